The Hall–Kier alpha value is -1.63. The molecule has 1 aromatic carbocycles. The van der Waals surface area contributed by atoms with Gasteiger partial charge >= 0.3 is 0 Å². The normalized spacial score (nSPS) is 21.9. The first-order chi connectivity index (χ1) is 10.7. The van der Waals surface area contributed by atoms with E-state index in [2.05, 4.69) is 10.6 Å². The lowest BCUT2D eigenvalue weighted by Crippen LogP contribution is -2.47. The van der Waals surface area contributed by atoms with Crippen LogP contribution in [0, 0.1) is 0 Å². The summed E-state index contributed by atoms with van der Waals surface area (Å²) >= 11 is 0. The summed E-state index contributed by atoms with van der Waals surface area (Å²) in [5.41, 5.74) is 0.551. The lowest BCUT2D eigenvalue weighted by atomic mass is 10.1. The molecule has 1 amide bonds. The van der Waals surface area contributed by atoms with Gasteiger partial charge in [0, 0.05) is 19.2 Å². The van der Waals surface area contributed by atoms with Gasteiger partial charge in [-0.2, -0.15) is 0 Å². The van der Waals surface area contributed by atoms with Gasteiger partial charge in [-0.15, -0.1) is 0 Å². The zero-order valence-corrected chi connectivity index (χ0v) is 12.9. The summed E-state index contributed by atoms with van der Waals surface area (Å²) in [6, 6.07) is 6.69. The molecule has 6 heteroatoms. The smallest absolute Gasteiger partial charge is 0.251 e. The van der Waals surface area contributed by atoms with Crippen molar-refractivity contribution in [2.24, 2.45) is 0 Å². The van der Waals surface area contributed by atoms with Gasteiger partial charge in [0.15, 0.2) is 0 Å². The molecule has 3 N–H and O–H groups in total. The van der Waals surface area contributed by atoms with Crippen LogP contribution >= 0.6 is 0 Å². The first kappa shape index (κ1) is 16.7. The fourth-order valence-electron chi connectivity index (χ4n) is 2.38. The molecule has 0 unspecified atom stereocenters. The number of aliphatic hydroxyl groups is 1. The van der Waals surface area contributed by atoms with Crippen LogP contribution in [0.2, 0.25) is 0 Å². The molecule has 2 rings (SSSR count). The van der Waals surface area contributed by atoms with E-state index in [1.54, 1.807) is 31.4 Å². The monoisotopic (exact) mass is 308 g/mol. The van der Waals surface area contributed by atoms with Gasteiger partial charge in [-0.05, 0) is 43.7 Å². The Morgan fingerprint density at radius 1 is 1.36 bits per heavy atom. The molecule has 0 saturated carbocycles. The maximum Gasteiger partial charge on any atom is 0.251 e. The minimum atomic E-state index is -0.504. The fourth-order valence-corrected chi connectivity index (χ4v) is 2.38. The Kier molecular flexibility index (Phi) is 6.64. The standard InChI is InChI=1S/C16H24N2O4/c1-21-9-10-22-13-6-4-12(5-7-13)16(20)18-14-11-17-8-2-3-15(14)19/h4-7,14-15,17,19H,2-3,8-11H2,1H3,(H,18,20)/t14-,15+/m0/s1. The van der Waals surface area contributed by atoms with Crippen LogP contribution in [0.1, 0.15) is 23.2 Å². The van der Waals surface area contributed by atoms with Gasteiger partial charge in [-0.25, -0.2) is 0 Å². The number of ether oxygens (including phenoxy) is 2. The number of hydrogen-bond acceptors (Lipinski definition) is 5. The molecule has 0 bridgehead atoms. The maximum atomic E-state index is 12.2. The predicted octanol–water partition coefficient (Wildman–Crippen LogP) is 0.555. The summed E-state index contributed by atoms with van der Waals surface area (Å²) in [6.45, 7) is 2.46. The second kappa shape index (κ2) is 8.73. The average molecular weight is 308 g/mol. The van der Waals surface area contributed by atoms with E-state index >= 15 is 0 Å². The SMILES string of the molecule is COCCOc1ccc(C(=O)N[C@H]2CNCCC[C@H]2O)cc1. The van der Waals surface area contributed by atoms with Gasteiger partial charge in [0.25, 0.3) is 5.91 Å². The number of hydrogen-bond donors (Lipinski definition) is 3. The summed E-state index contributed by atoms with van der Waals surface area (Å²) in [4.78, 5) is 12.2. The molecule has 22 heavy (non-hydrogen) atoms. The van der Waals surface area contributed by atoms with Crippen molar-refractivity contribution in [2.45, 2.75) is 25.0 Å². The van der Waals surface area contributed by atoms with Crippen molar-refractivity contribution in [3.8, 4) is 5.75 Å². The van der Waals surface area contributed by atoms with Crippen molar-refractivity contribution in [1.29, 1.82) is 0 Å². The average Bonchev–Trinajstić information content (AvgIpc) is 2.73. The highest BCUT2D eigenvalue weighted by atomic mass is 16.5. The molecule has 0 radical (unpaired) electrons. The number of aliphatic hydroxyl groups excluding tert-OH is 1. The second-order valence-corrected chi connectivity index (χ2v) is 5.36. The first-order valence-electron chi connectivity index (χ1n) is 7.62. The van der Waals surface area contributed by atoms with E-state index < -0.39 is 6.10 Å². The number of amides is 1. The van der Waals surface area contributed by atoms with E-state index in [0.717, 1.165) is 13.0 Å². The van der Waals surface area contributed by atoms with Gasteiger partial charge in [-0.1, -0.05) is 0 Å². The number of nitrogens with one attached hydrogen (secondary N) is 2. The van der Waals surface area contributed by atoms with Crippen LogP contribution < -0.4 is 15.4 Å². The van der Waals surface area contributed by atoms with Crippen LogP contribution in [0.3, 0.4) is 0 Å². The largest absolute Gasteiger partial charge is 0.491 e. The minimum absolute atomic E-state index is 0.184. The van der Waals surface area contributed by atoms with E-state index in [-0.39, 0.29) is 11.9 Å². The Balaban J connectivity index is 1.88. The molecule has 0 aliphatic carbocycles. The summed E-state index contributed by atoms with van der Waals surface area (Å²) in [6.07, 6.45) is 1.11. The molecule has 1 aliphatic rings. The number of carbonyl (C=O) groups excluding carboxylic acids is 1. The highest BCUT2D eigenvalue weighted by molar-refractivity contribution is 5.94. The molecule has 1 fully saturated rings. The van der Waals surface area contributed by atoms with E-state index in [0.29, 0.717) is 37.5 Å². The molecule has 122 valence electrons. The molecule has 1 heterocycles. The quantitative estimate of drug-likeness (QED) is 0.669. The third-order valence-corrected chi connectivity index (χ3v) is 3.67. The molecule has 2 atom stereocenters. The van der Waals surface area contributed by atoms with Crippen molar-refractivity contribution in [3.63, 3.8) is 0 Å². The van der Waals surface area contributed by atoms with Gasteiger partial charge < -0.3 is 25.2 Å². The van der Waals surface area contributed by atoms with Crippen LogP contribution in [0.5, 0.6) is 5.75 Å². The third kappa shape index (κ3) is 4.98. The zero-order chi connectivity index (χ0) is 15.8. The Bertz CT molecular complexity index is 464. The molecule has 1 saturated heterocycles. The van der Waals surface area contributed by atoms with Crippen LogP contribution in [-0.4, -0.2) is 56.6 Å². The summed E-state index contributed by atoms with van der Waals surface area (Å²) in [7, 11) is 1.62. The number of carbonyl (C=O) groups is 1. The van der Waals surface area contributed by atoms with Crippen molar-refractivity contribution in [3.05, 3.63) is 29.8 Å². The summed E-state index contributed by atoms with van der Waals surface area (Å²) in [5, 5.41) is 16.1. The van der Waals surface area contributed by atoms with Crippen molar-refractivity contribution >= 4 is 5.91 Å². The van der Waals surface area contributed by atoms with Gasteiger partial charge in [0.2, 0.25) is 0 Å². The molecular formula is C16H24N2O4. The molecule has 0 aromatic heterocycles. The third-order valence-electron chi connectivity index (χ3n) is 3.67. The molecule has 0 spiro atoms. The van der Waals surface area contributed by atoms with Crippen molar-refractivity contribution < 1.29 is 19.4 Å². The van der Waals surface area contributed by atoms with Crippen LogP contribution in [0.15, 0.2) is 24.3 Å². The van der Waals surface area contributed by atoms with Crippen LogP contribution in [0.4, 0.5) is 0 Å². The Morgan fingerprint density at radius 2 is 2.14 bits per heavy atom. The number of benzene rings is 1. The van der Waals surface area contributed by atoms with Crippen LogP contribution in [0.25, 0.3) is 0 Å². The maximum absolute atomic E-state index is 12.2. The molecule has 6 nitrogen and oxygen atoms in total. The van der Waals surface area contributed by atoms with Crippen molar-refractivity contribution in [1.82, 2.24) is 10.6 Å². The lowest BCUT2D eigenvalue weighted by molar-refractivity contribution is 0.0832. The van der Waals surface area contributed by atoms with E-state index in [1.807, 2.05) is 0 Å². The second-order valence-electron chi connectivity index (χ2n) is 5.36. The Morgan fingerprint density at radius 3 is 2.86 bits per heavy atom. The lowest BCUT2D eigenvalue weighted by Gasteiger charge is -2.21. The number of methoxy groups -OCH3 is 1. The van der Waals surface area contributed by atoms with Crippen LogP contribution in [-0.2, 0) is 4.74 Å². The summed E-state index contributed by atoms with van der Waals surface area (Å²) in [5.74, 6) is 0.515. The highest BCUT2D eigenvalue weighted by Gasteiger charge is 2.23. The molecular weight excluding hydrogens is 284 g/mol. The predicted molar refractivity (Wildman–Crippen MR) is 83.2 cm³/mol. The topological polar surface area (TPSA) is 79.8 Å². The van der Waals surface area contributed by atoms with E-state index in [9.17, 15) is 9.90 Å². The molecule has 1 aromatic rings. The minimum Gasteiger partial charge on any atom is -0.491 e. The number of rotatable bonds is 6. The van der Waals surface area contributed by atoms with Crippen molar-refractivity contribution in [2.75, 3.05) is 33.4 Å². The molecule has 1 aliphatic heterocycles. The van der Waals surface area contributed by atoms with Gasteiger partial charge in [0.1, 0.15) is 12.4 Å². The van der Waals surface area contributed by atoms with E-state index in [4.69, 9.17) is 9.47 Å². The highest BCUT2D eigenvalue weighted by Crippen LogP contribution is 2.13. The van der Waals surface area contributed by atoms with Gasteiger partial charge in [0.05, 0.1) is 18.8 Å². The Labute approximate surface area is 130 Å². The first-order valence-corrected chi connectivity index (χ1v) is 7.62. The summed E-state index contributed by atoms with van der Waals surface area (Å²) < 4.78 is 10.4. The zero-order valence-electron chi connectivity index (χ0n) is 12.9. The fraction of sp³-hybridized carbons (Fsp3) is 0.562. The van der Waals surface area contributed by atoms with E-state index in [1.165, 1.54) is 0 Å². The van der Waals surface area contributed by atoms with Gasteiger partial charge in [-0.3, -0.25) is 4.79 Å².